The van der Waals surface area contributed by atoms with Crippen LogP contribution in [0.25, 0.3) is 0 Å². The van der Waals surface area contributed by atoms with Crippen LogP contribution in [0.5, 0.6) is 0 Å². The first-order chi connectivity index (χ1) is 6.63. The first kappa shape index (κ1) is 11.1. The van der Waals surface area contributed by atoms with Gasteiger partial charge in [0, 0.05) is 10.1 Å². The van der Waals surface area contributed by atoms with E-state index in [2.05, 4.69) is 6.07 Å². The van der Waals surface area contributed by atoms with Crippen molar-refractivity contribution in [3.63, 3.8) is 0 Å². The Hall–Kier alpha value is -0.980. The molecule has 1 N–H and O–H groups in total. The van der Waals surface area contributed by atoms with Crippen LogP contribution < -0.4 is 0 Å². The average molecular weight is 207 g/mol. The quantitative estimate of drug-likeness (QED) is 0.774. The summed E-state index contributed by atoms with van der Waals surface area (Å²) in [5, 5.41) is 18.1. The van der Waals surface area contributed by atoms with Crippen LogP contribution in [-0.2, 0) is 0 Å². The van der Waals surface area contributed by atoms with Gasteiger partial charge in [0.25, 0.3) is 0 Å². The van der Waals surface area contributed by atoms with Crippen LogP contribution >= 0.6 is 11.8 Å². The molecular formula is C11H13NOS. The van der Waals surface area contributed by atoms with E-state index < -0.39 is 0 Å². The highest BCUT2D eigenvalue weighted by Gasteiger charge is 2.09. The number of hydrogen-bond acceptors (Lipinski definition) is 3. The molecule has 0 heterocycles. The molecule has 14 heavy (non-hydrogen) atoms. The minimum atomic E-state index is -0.323. The predicted molar refractivity (Wildman–Crippen MR) is 58.2 cm³/mol. The van der Waals surface area contributed by atoms with Crippen molar-refractivity contribution in [2.24, 2.45) is 0 Å². The smallest absolute Gasteiger partial charge is 0.0991 e. The molecule has 0 spiro atoms. The molecule has 1 aromatic carbocycles. The van der Waals surface area contributed by atoms with Gasteiger partial charge in [-0.25, -0.2) is 0 Å². The molecule has 0 aliphatic carbocycles. The SMILES string of the molecule is CC(O)C(C)Sc1ccc(C#N)cc1. The molecule has 0 fully saturated rings. The van der Waals surface area contributed by atoms with Gasteiger partial charge in [-0.2, -0.15) is 5.26 Å². The van der Waals surface area contributed by atoms with Crippen LogP contribution in [0.2, 0.25) is 0 Å². The second kappa shape index (κ2) is 5.04. The molecule has 1 aromatic rings. The molecule has 3 heteroatoms. The zero-order valence-corrected chi connectivity index (χ0v) is 9.08. The van der Waals surface area contributed by atoms with Crippen molar-refractivity contribution < 1.29 is 5.11 Å². The number of hydrogen-bond donors (Lipinski definition) is 1. The zero-order chi connectivity index (χ0) is 10.6. The molecule has 1 rings (SSSR count). The van der Waals surface area contributed by atoms with E-state index in [4.69, 9.17) is 5.26 Å². The molecule has 0 amide bonds. The Labute approximate surface area is 88.6 Å². The van der Waals surface area contributed by atoms with Crippen LogP contribution in [-0.4, -0.2) is 16.5 Å². The van der Waals surface area contributed by atoms with Crippen molar-refractivity contribution >= 4 is 11.8 Å². The molecule has 2 nitrogen and oxygen atoms in total. The molecule has 0 aliphatic heterocycles. The molecular weight excluding hydrogens is 194 g/mol. The summed E-state index contributed by atoms with van der Waals surface area (Å²) in [6.45, 7) is 3.76. The number of benzene rings is 1. The molecule has 0 bridgehead atoms. The van der Waals surface area contributed by atoms with Gasteiger partial charge in [-0.05, 0) is 31.2 Å². The van der Waals surface area contributed by atoms with Crippen molar-refractivity contribution in [1.29, 1.82) is 5.26 Å². The van der Waals surface area contributed by atoms with Crippen LogP contribution in [0.15, 0.2) is 29.2 Å². The Morgan fingerprint density at radius 2 is 1.86 bits per heavy atom. The lowest BCUT2D eigenvalue weighted by atomic mass is 10.2. The standard InChI is InChI=1S/C11H13NOS/c1-8(13)9(2)14-11-5-3-10(7-12)4-6-11/h3-6,8-9,13H,1-2H3. The maximum atomic E-state index is 9.31. The van der Waals surface area contributed by atoms with E-state index in [0.717, 1.165) is 4.90 Å². The van der Waals surface area contributed by atoms with Gasteiger partial charge < -0.3 is 5.11 Å². The van der Waals surface area contributed by atoms with Gasteiger partial charge >= 0.3 is 0 Å². The summed E-state index contributed by atoms with van der Waals surface area (Å²) in [5.74, 6) is 0. The molecule has 0 saturated heterocycles. The zero-order valence-electron chi connectivity index (χ0n) is 8.27. The summed E-state index contributed by atoms with van der Waals surface area (Å²) in [6, 6.07) is 9.46. The van der Waals surface area contributed by atoms with Gasteiger partial charge in [0.1, 0.15) is 0 Å². The number of rotatable bonds is 3. The Bertz CT molecular complexity index is 326. The highest BCUT2D eigenvalue weighted by molar-refractivity contribution is 8.00. The highest BCUT2D eigenvalue weighted by atomic mass is 32.2. The predicted octanol–water partition coefficient (Wildman–Crippen LogP) is 2.42. The monoisotopic (exact) mass is 207 g/mol. The first-order valence-corrected chi connectivity index (χ1v) is 5.36. The van der Waals surface area contributed by atoms with E-state index in [0.29, 0.717) is 5.56 Å². The van der Waals surface area contributed by atoms with E-state index in [1.54, 1.807) is 30.8 Å². The number of aliphatic hydroxyl groups is 1. The van der Waals surface area contributed by atoms with E-state index >= 15 is 0 Å². The Kier molecular flexibility index (Phi) is 3.99. The van der Waals surface area contributed by atoms with Crippen molar-refractivity contribution in [3.8, 4) is 6.07 Å². The lowest BCUT2D eigenvalue weighted by molar-refractivity contribution is 0.196. The van der Waals surface area contributed by atoms with Gasteiger partial charge in [-0.15, -0.1) is 11.8 Å². The third-order valence-electron chi connectivity index (χ3n) is 1.98. The fraction of sp³-hybridized carbons (Fsp3) is 0.364. The summed E-state index contributed by atoms with van der Waals surface area (Å²) in [5.41, 5.74) is 0.666. The molecule has 2 atom stereocenters. The van der Waals surface area contributed by atoms with Gasteiger partial charge in [0.05, 0.1) is 17.7 Å². The maximum Gasteiger partial charge on any atom is 0.0991 e. The van der Waals surface area contributed by atoms with E-state index in [9.17, 15) is 5.11 Å². The minimum Gasteiger partial charge on any atom is -0.392 e. The normalized spacial score (nSPS) is 14.4. The molecule has 0 aliphatic rings. The second-order valence-corrected chi connectivity index (χ2v) is 4.65. The van der Waals surface area contributed by atoms with Crippen LogP contribution in [0, 0.1) is 11.3 Å². The number of aliphatic hydroxyl groups excluding tert-OH is 1. The van der Waals surface area contributed by atoms with Crippen molar-refractivity contribution in [3.05, 3.63) is 29.8 Å². The molecule has 0 aromatic heterocycles. The van der Waals surface area contributed by atoms with Crippen LogP contribution in [0.4, 0.5) is 0 Å². The van der Waals surface area contributed by atoms with Gasteiger partial charge in [-0.1, -0.05) is 6.92 Å². The third-order valence-corrected chi connectivity index (χ3v) is 3.29. The average Bonchev–Trinajstić information content (AvgIpc) is 2.19. The Morgan fingerprint density at radius 3 is 2.29 bits per heavy atom. The van der Waals surface area contributed by atoms with Gasteiger partial charge in [0.15, 0.2) is 0 Å². The Morgan fingerprint density at radius 1 is 1.29 bits per heavy atom. The molecule has 74 valence electrons. The number of nitriles is 1. The van der Waals surface area contributed by atoms with Gasteiger partial charge in [-0.3, -0.25) is 0 Å². The number of thioether (sulfide) groups is 1. The van der Waals surface area contributed by atoms with Crippen LogP contribution in [0.1, 0.15) is 19.4 Å². The van der Waals surface area contributed by atoms with E-state index in [1.165, 1.54) is 0 Å². The fourth-order valence-corrected chi connectivity index (χ4v) is 1.84. The van der Waals surface area contributed by atoms with E-state index in [-0.39, 0.29) is 11.4 Å². The summed E-state index contributed by atoms with van der Waals surface area (Å²) < 4.78 is 0. The summed E-state index contributed by atoms with van der Waals surface area (Å²) >= 11 is 1.61. The summed E-state index contributed by atoms with van der Waals surface area (Å²) in [7, 11) is 0. The molecule has 0 radical (unpaired) electrons. The second-order valence-electron chi connectivity index (χ2n) is 3.20. The van der Waals surface area contributed by atoms with E-state index in [1.807, 2.05) is 19.1 Å². The number of nitrogens with zero attached hydrogens (tertiary/aromatic N) is 1. The lowest BCUT2D eigenvalue weighted by Gasteiger charge is -2.13. The minimum absolute atomic E-state index is 0.169. The fourth-order valence-electron chi connectivity index (χ4n) is 0.921. The first-order valence-electron chi connectivity index (χ1n) is 4.48. The topological polar surface area (TPSA) is 44.0 Å². The van der Waals surface area contributed by atoms with Gasteiger partial charge in [0.2, 0.25) is 0 Å². The molecule has 2 unspecified atom stereocenters. The van der Waals surface area contributed by atoms with Crippen molar-refractivity contribution in [1.82, 2.24) is 0 Å². The summed E-state index contributed by atoms with van der Waals surface area (Å²) in [6.07, 6.45) is -0.323. The summed E-state index contributed by atoms with van der Waals surface area (Å²) in [4.78, 5) is 1.08. The molecule has 0 saturated carbocycles. The Balaban J connectivity index is 2.65. The maximum absolute atomic E-state index is 9.31. The lowest BCUT2D eigenvalue weighted by Crippen LogP contribution is -2.14. The van der Waals surface area contributed by atoms with Crippen LogP contribution in [0.3, 0.4) is 0 Å². The largest absolute Gasteiger partial charge is 0.392 e. The van der Waals surface area contributed by atoms with Crippen molar-refractivity contribution in [2.75, 3.05) is 0 Å². The third kappa shape index (κ3) is 3.06. The highest BCUT2D eigenvalue weighted by Crippen LogP contribution is 2.25. The van der Waals surface area contributed by atoms with Crippen molar-refractivity contribution in [2.45, 2.75) is 30.1 Å².